The van der Waals surface area contributed by atoms with Crippen LogP contribution < -0.4 is 4.90 Å². The molecule has 1 aliphatic rings. The van der Waals surface area contributed by atoms with Gasteiger partial charge in [0.2, 0.25) is 0 Å². The van der Waals surface area contributed by atoms with Gasteiger partial charge in [-0.05, 0) is 16.8 Å². The summed E-state index contributed by atoms with van der Waals surface area (Å²) in [4.78, 5) is 26.7. The minimum atomic E-state index is -0.616. The van der Waals surface area contributed by atoms with Crippen molar-refractivity contribution in [1.29, 1.82) is 0 Å². The van der Waals surface area contributed by atoms with Crippen LogP contribution in [-0.4, -0.2) is 39.5 Å². The van der Waals surface area contributed by atoms with Gasteiger partial charge < -0.3 is 19.1 Å². The second-order valence-electron chi connectivity index (χ2n) is 6.38. The zero-order chi connectivity index (χ0) is 19.7. The molecule has 0 saturated carbocycles. The minimum absolute atomic E-state index is 0.0176. The van der Waals surface area contributed by atoms with Crippen LogP contribution in [0, 0.1) is 0 Å². The molecule has 0 atom stereocenters. The first-order valence-electron chi connectivity index (χ1n) is 8.81. The van der Waals surface area contributed by atoms with E-state index in [-0.39, 0.29) is 24.6 Å². The predicted octanol–water partition coefficient (Wildman–Crippen LogP) is 3.39. The Labute approximate surface area is 161 Å². The summed E-state index contributed by atoms with van der Waals surface area (Å²) in [7, 11) is 2.57. The van der Waals surface area contributed by atoms with Crippen molar-refractivity contribution in [2.24, 2.45) is 0 Å². The molecule has 0 radical (unpaired) electrons. The molecule has 0 spiro atoms. The summed E-state index contributed by atoms with van der Waals surface area (Å²) in [5.41, 5.74) is 1.06. The number of rotatable bonds is 3. The molecule has 3 aromatic carbocycles. The molecule has 6 heteroatoms. The molecular weight excluding hydrogens is 358 g/mol. The Morgan fingerprint density at radius 2 is 1.46 bits per heavy atom. The lowest BCUT2D eigenvalue weighted by molar-refractivity contribution is -0.140. The van der Waals surface area contributed by atoms with Crippen molar-refractivity contribution in [3.8, 4) is 0 Å². The van der Waals surface area contributed by atoms with Gasteiger partial charge in [0.05, 0.1) is 32.1 Å². The second kappa shape index (κ2) is 7.32. The largest absolute Gasteiger partial charge is 0.466 e. The van der Waals surface area contributed by atoms with Crippen molar-refractivity contribution < 1.29 is 23.8 Å². The maximum Gasteiger partial charge on any atom is 0.355 e. The van der Waals surface area contributed by atoms with Crippen LogP contribution in [0.15, 0.2) is 65.9 Å². The molecule has 0 aromatic heterocycles. The van der Waals surface area contributed by atoms with Gasteiger partial charge in [0.1, 0.15) is 12.4 Å². The van der Waals surface area contributed by atoms with Crippen molar-refractivity contribution in [3.05, 3.63) is 65.9 Å². The van der Waals surface area contributed by atoms with E-state index in [9.17, 15) is 9.59 Å². The van der Waals surface area contributed by atoms with E-state index in [1.807, 2.05) is 48.5 Å². The van der Waals surface area contributed by atoms with Gasteiger partial charge in [-0.15, -0.1) is 0 Å². The summed E-state index contributed by atoms with van der Waals surface area (Å²) in [6.45, 7) is 0.0965. The Morgan fingerprint density at radius 1 is 0.893 bits per heavy atom. The number of nitrogens with zero attached hydrogens (tertiary/aromatic N) is 1. The number of esters is 2. The quantitative estimate of drug-likeness (QED) is 0.515. The van der Waals surface area contributed by atoms with E-state index in [4.69, 9.17) is 14.2 Å². The number of hydrogen-bond acceptors (Lipinski definition) is 6. The van der Waals surface area contributed by atoms with Crippen LogP contribution in [0.3, 0.4) is 0 Å². The normalized spacial score (nSPS) is 14.4. The van der Waals surface area contributed by atoms with E-state index in [1.54, 1.807) is 4.90 Å². The number of hydrogen-bond donors (Lipinski definition) is 0. The van der Waals surface area contributed by atoms with Crippen molar-refractivity contribution in [2.45, 2.75) is 0 Å². The van der Waals surface area contributed by atoms with Gasteiger partial charge in [0, 0.05) is 10.8 Å². The molecule has 0 fully saturated rings. The van der Waals surface area contributed by atoms with E-state index in [2.05, 4.69) is 6.07 Å². The Hall–Kier alpha value is -3.38. The Bertz CT molecular complexity index is 1060. The first kappa shape index (κ1) is 18.0. The average molecular weight is 377 g/mol. The maximum absolute atomic E-state index is 12.7. The second-order valence-corrected chi connectivity index (χ2v) is 6.38. The van der Waals surface area contributed by atoms with Crippen LogP contribution in [0.25, 0.3) is 21.5 Å². The van der Waals surface area contributed by atoms with Gasteiger partial charge in [-0.3, -0.25) is 0 Å². The van der Waals surface area contributed by atoms with E-state index < -0.39 is 11.9 Å². The zero-order valence-corrected chi connectivity index (χ0v) is 15.6. The molecule has 0 aliphatic carbocycles. The Morgan fingerprint density at radius 3 is 2.04 bits per heavy atom. The highest BCUT2D eigenvalue weighted by Crippen LogP contribution is 2.39. The maximum atomic E-state index is 12.7. The van der Waals surface area contributed by atoms with Gasteiger partial charge in [0.15, 0.2) is 0 Å². The number of anilines is 1. The third kappa shape index (κ3) is 2.88. The standard InChI is InChI=1S/C22H19NO5/c1-26-21(24)18-12-28-13-23(20(18)22(25)27-2)19-16-9-5-3-7-14(16)11-15-8-4-6-10-17(15)19/h3-11H,12-13H2,1-2H3. The van der Waals surface area contributed by atoms with Gasteiger partial charge in [-0.1, -0.05) is 48.5 Å². The van der Waals surface area contributed by atoms with E-state index in [1.165, 1.54) is 14.2 Å². The summed E-state index contributed by atoms with van der Waals surface area (Å²) in [5.74, 6) is -1.23. The molecule has 0 N–H and O–H groups in total. The molecule has 0 unspecified atom stereocenters. The molecule has 3 aromatic rings. The molecule has 4 rings (SSSR count). The molecule has 0 bridgehead atoms. The number of carbonyl (C=O) groups is 2. The summed E-state index contributed by atoms with van der Waals surface area (Å²) in [5, 5.41) is 3.92. The first-order valence-corrected chi connectivity index (χ1v) is 8.81. The van der Waals surface area contributed by atoms with Crippen LogP contribution >= 0.6 is 0 Å². The number of benzene rings is 3. The summed E-state index contributed by atoms with van der Waals surface area (Å²) < 4.78 is 15.5. The highest BCUT2D eigenvalue weighted by Gasteiger charge is 2.33. The van der Waals surface area contributed by atoms with Crippen LogP contribution in [0.5, 0.6) is 0 Å². The topological polar surface area (TPSA) is 65.1 Å². The van der Waals surface area contributed by atoms with Crippen molar-refractivity contribution >= 4 is 39.2 Å². The van der Waals surface area contributed by atoms with E-state index in [0.717, 1.165) is 27.2 Å². The highest BCUT2D eigenvalue weighted by atomic mass is 16.5. The van der Waals surface area contributed by atoms with Crippen molar-refractivity contribution in [2.75, 3.05) is 32.5 Å². The Kier molecular flexibility index (Phi) is 4.71. The molecular formula is C22H19NO5. The molecule has 0 amide bonds. The van der Waals surface area contributed by atoms with Crippen molar-refractivity contribution in [1.82, 2.24) is 0 Å². The van der Waals surface area contributed by atoms with Crippen LogP contribution in [0.4, 0.5) is 5.69 Å². The Balaban J connectivity index is 2.07. The van der Waals surface area contributed by atoms with E-state index in [0.29, 0.717) is 0 Å². The first-order chi connectivity index (χ1) is 13.7. The van der Waals surface area contributed by atoms with Gasteiger partial charge in [-0.2, -0.15) is 0 Å². The van der Waals surface area contributed by atoms with Gasteiger partial charge >= 0.3 is 11.9 Å². The van der Waals surface area contributed by atoms with Crippen LogP contribution in [-0.2, 0) is 23.8 Å². The lowest BCUT2D eigenvalue weighted by Gasteiger charge is -2.33. The van der Waals surface area contributed by atoms with Crippen LogP contribution in [0.1, 0.15) is 0 Å². The molecule has 28 heavy (non-hydrogen) atoms. The molecule has 142 valence electrons. The lowest BCUT2D eigenvalue weighted by atomic mass is 9.99. The third-order valence-corrected chi connectivity index (χ3v) is 4.85. The number of methoxy groups -OCH3 is 2. The van der Waals surface area contributed by atoms with Gasteiger partial charge in [-0.25, -0.2) is 9.59 Å². The molecule has 0 saturated heterocycles. The predicted molar refractivity (Wildman–Crippen MR) is 106 cm³/mol. The highest BCUT2D eigenvalue weighted by molar-refractivity contribution is 6.14. The third-order valence-electron chi connectivity index (χ3n) is 4.85. The summed E-state index contributed by atoms with van der Waals surface area (Å²) in [6.07, 6.45) is 0. The molecule has 1 aliphatic heterocycles. The monoisotopic (exact) mass is 377 g/mol. The lowest BCUT2D eigenvalue weighted by Crippen LogP contribution is -2.39. The molecule has 1 heterocycles. The fraction of sp³-hybridized carbons (Fsp3) is 0.182. The van der Waals surface area contributed by atoms with Gasteiger partial charge in [0.25, 0.3) is 0 Å². The fourth-order valence-corrected chi connectivity index (χ4v) is 3.60. The number of ether oxygens (including phenoxy) is 3. The summed E-state index contributed by atoms with van der Waals surface area (Å²) in [6, 6.07) is 17.9. The van der Waals surface area contributed by atoms with Crippen LogP contribution in [0.2, 0.25) is 0 Å². The molecule has 6 nitrogen and oxygen atoms in total. The number of carbonyl (C=O) groups excluding carboxylic acids is 2. The summed E-state index contributed by atoms with van der Waals surface area (Å²) >= 11 is 0. The average Bonchev–Trinajstić information content (AvgIpc) is 2.75. The zero-order valence-electron chi connectivity index (χ0n) is 15.6. The fourth-order valence-electron chi connectivity index (χ4n) is 3.60. The van der Waals surface area contributed by atoms with E-state index >= 15 is 0 Å². The van der Waals surface area contributed by atoms with Crippen molar-refractivity contribution in [3.63, 3.8) is 0 Å². The minimum Gasteiger partial charge on any atom is -0.466 e. The smallest absolute Gasteiger partial charge is 0.355 e. The SMILES string of the molecule is COC(=O)C1=C(C(=O)OC)N(c2c3ccccc3cc3ccccc23)COC1. The number of fused-ring (bicyclic) bond motifs is 2.